The molecule has 1 saturated heterocycles. The summed E-state index contributed by atoms with van der Waals surface area (Å²) in [5, 5.41) is 15.2. The van der Waals surface area contributed by atoms with E-state index in [2.05, 4.69) is 10.6 Å². The normalized spacial score (nSPS) is 20.3. The van der Waals surface area contributed by atoms with E-state index >= 15 is 0 Å². The van der Waals surface area contributed by atoms with Crippen LogP contribution in [0.4, 0.5) is 10.1 Å². The van der Waals surface area contributed by atoms with Gasteiger partial charge in [-0.05, 0) is 55.0 Å². The van der Waals surface area contributed by atoms with Gasteiger partial charge >= 0.3 is 0 Å². The van der Waals surface area contributed by atoms with Crippen molar-refractivity contribution in [2.75, 3.05) is 11.9 Å². The van der Waals surface area contributed by atoms with Crippen molar-refractivity contribution in [1.82, 2.24) is 5.32 Å². The number of nitrogens with one attached hydrogen (secondary N) is 2. The average molecular weight is 316 g/mol. The Kier molecular flexibility index (Phi) is 4.55. The predicted molar refractivity (Wildman–Crippen MR) is 84.0 cm³/mol. The smallest absolute Gasteiger partial charge is 0.241 e. The summed E-state index contributed by atoms with van der Waals surface area (Å²) in [5.74, 6) is 0.631. The third-order valence-corrected chi connectivity index (χ3v) is 3.60. The highest BCUT2D eigenvalue weighted by atomic mass is 19.1. The van der Waals surface area contributed by atoms with Gasteiger partial charge in [0.25, 0.3) is 0 Å². The van der Waals surface area contributed by atoms with E-state index < -0.39 is 6.10 Å². The monoisotopic (exact) mass is 316 g/mol. The van der Waals surface area contributed by atoms with Crippen LogP contribution < -0.4 is 15.4 Å². The highest BCUT2D eigenvalue weighted by molar-refractivity contribution is 5.95. The first-order chi connectivity index (χ1) is 11.1. The van der Waals surface area contributed by atoms with E-state index in [9.17, 15) is 14.3 Å². The number of hydrogen-bond donors (Lipinski definition) is 3. The predicted octanol–water partition coefficient (Wildman–Crippen LogP) is 2.28. The summed E-state index contributed by atoms with van der Waals surface area (Å²) >= 11 is 0. The molecule has 23 heavy (non-hydrogen) atoms. The van der Waals surface area contributed by atoms with Crippen LogP contribution in [0.3, 0.4) is 0 Å². The van der Waals surface area contributed by atoms with Crippen LogP contribution in [-0.4, -0.2) is 29.7 Å². The van der Waals surface area contributed by atoms with Gasteiger partial charge < -0.3 is 20.5 Å². The maximum absolute atomic E-state index is 12.8. The lowest BCUT2D eigenvalue weighted by Crippen LogP contribution is -2.35. The molecule has 5 nitrogen and oxygen atoms in total. The SMILES string of the molecule is O=C(Nc1ccc(Oc2ccc(F)cc2)cc1)C1CC(O)CN1. The van der Waals surface area contributed by atoms with Gasteiger partial charge in [-0.1, -0.05) is 0 Å². The molecule has 1 heterocycles. The van der Waals surface area contributed by atoms with E-state index in [1.807, 2.05) is 0 Å². The van der Waals surface area contributed by atoms with E-state index in [1.54, 1.807) is 36.4 Å². The number of benzene rings is 2. The Labute approximate surface area is 133 Å². The highest BCUT2D eigenvalue weighted by Crippen LogP contribution is 2.23. The van der Waals surface area contributed by atoms with Gasteiger partial charge in [-0.3, -0.25) is 4.79 Å². The molecule has 1 amide bonds. The van der Waals surface area contributed by atoms with Crippen molar-refractivity contribution in [3.8, 4) is 11.5 Å². The number of halogens is 1. The molecule has 1 aliphatic rings. The third-order valence-electron chi connectivity index (χ3n) is 3.60. The Morgan fingerprint density at radius 1 is 1.13 bits per heavy atom. The number of aliphatic hydroxyl groups excluding tert-OH is 1. The van der Waals surface area contributed by atoms with Crippen molar-refractivity contribution in [1.29, 1.82) is 0 Å². The van der Waals surface area contributed by atoms with Gasteiger partial charge in [-0.15, -0.1) is 0 Å². The Morgan fingerprint density at radius 3 is 2.30 bits per heavy atom. The molecule has 3 rings (SSSR count). The zero-order valence-corrected chi connectivity index (χ0v) is 12.3. The molecule has 1 fully saturated rings. The number of aliphatic hydroxyl groups is 1. The molecular weight excluding hydrogens is 299 g/mol. The summed E-state index contributed by atoms with van der Waals surface area (Å²) in [7, 11) is 0. The van der Waals surface area contributed by atoms with E-state index in [0.717, 1.165) is 0 Å². The Morgan fingerprint density at radius 2 is 1.74 bits per heavy atom. The van der Waals surface area contributed by atoms with Crippen LogP contribution in [0.15, 0.2) is 48.5 Å². The fourth-order valence-corrected chi connectivity index (χ4v) is 2.39. The number of carbonyl (C=O) groups is 1. The van der Waals surface area contributed by atoms with Gasteiger partial charge in [0, 0.05) is 12.2 Å². The molecule has 2 unspecified atom stereocenters. The molecule has 2 aromatic carbocycles. The van der Waals surface area contributed by atoms with Crippen LogP contribution >= 0.6 is 0 Å². The van der Waals surface area contributed by atoms with Crippen molar-refractivity contribution < 1.29 is 19.0 Å². The number of hydrogen-bond acceptors (Lipinski definition) is 4. The zero-order chi connectivity index (χ0) is 16.2. The first-order valence-corrected chi connectivity index (χ1v) is 7.36. The third kappa shape index (κ3) is 4.06. The number of β-amino-alcohol motifs (C(OH)–C–C–N with tert-alkyl or cyclic N) is 1. The summed E-state index contributed by atoms with van der Waals surface area (Å²) in [4.78, 5) is 12.0. The lowest BCUT2D eigenvalue weighted by Gasteiger charge is -2.11. The van der Waals surface area contributed by atoms with Gasteiger partial charge in [-0.25, -0.2) is 4.39 Å². The summed E-state index contributed by atoms with van der Waals surface area (Å²) in [6.45, 7) is 0.433. The van der Waals surface area contributed by atoms with Gasteiger partial charge in [0.05, 0.1) is 12.1 Å². The number of ether oxygens (including phenoxy) is 1. The van der Waals surface area contributed by atoms with Crippen molar-refractivity contribution >= 4 is 11.6 Å². The summed E-state index contributed by atoms with van der Waals surface area (Å²) < 4.78 is 18.4. The molecule has 0 spiro atoms. The van der Waals surface area contributed by atoms with Gasteiger partial charge in [0.1, 0.15) is 17.3 Å². The van der Waals surface area contributed by atoms with Crippen molar-refractivity contribution in [2.24, 2.45) is 0 Å². The number of anilines is 1. The minimum Gasteiger partial charge on any atom is -0.457 e. The number of amides is 1. The lowest BCUT2D eigenvalue weighted by atomic mass is 10.2. The van der Waals surface area contributed by atoms with Gasteiger partial charge in [0.15, 0.2) is 0 Å². The maximum Gasteiger partial charge on any atom is 0.241 e. The van der Waals surface area contributed by atoms with Crippen molar-refractivity contribution in [3.05, 3.63) is 54.3 Å². The summed E-state index contributed by atoms with van der Waals surface area (Å²) in [6.07, 6.45) is -0.0605. The second-order valence-corrected chi connectivity index (χ2v) is 5.42. The van der Waals surface area contributed by atoms with Crippen molar-refractivity contribution in [2.45, 2.75) is 18.6 Å². The fourth-order valence-electron chi connectivity index (χ4n) is 2.39. The second-order valence-electron chi connectivity index (χ2n) is 5.42. The summed E-state index contributed by atoms with van der Waals surface area (Å²) in [5.41, 5.74) is 0.643. The molecule has 1 aliphatic heterocycles. The largest absolute Gasteiger partial charge is 0.457 e. The van der Waals surface area contributed by atoms with Crippen LogP contribution in [-0.2, 0) is 4.79 Å². The Bertz CT molecular complexity index is 673. The molecule has 0 bridgehead atoms. The molecule has 0 radical (unpaired) electrons. The van der Waals surface area contributed by atoms with Gasteiger partial charge in [-0.2, -0.15) is 0 Å². The van der Waals surface area contributed by atoms with Gasteiger partial charge in [0.2, 0.25) is 5.91 Å². The molecule has 2 atom stereocenters. The van der Waals surface area contributed by atoms with Crippen LogP contribution in [0, 0.1) is 5.82 Å². The highest BCUT2D eigenvalue weighted by Gasteiger charge is 2.27. The van der Waals surface area contributed by atoms with Crippen LogP contribution in [0.1, 0.15) is 6.42 Å². The molecule has 3 N–H and O–H groups in total. The standard InChI is InChI=1S/C17H17FN2O3/c18-11-1-5-14(6-2-11)23-15-7-3-12(4-8-15)20-17(22)16-9-13(21)10-19-16/h1-8,13,16,19,21H,9-10H2,(H,20,22). The van der Waals surface area contributed by atoms with E-state index in [0.29, 0.717) is 30.2 Å². The van der Waals surface area contributed by atoms with E-state index in [-0.39, 0.29) is 17.8 Å². The maximum atomic E-state index is 12.8. The minimum absolute atomic E-state index is 0.172. The fraction of sp³-hybridized carbons (Fsp3) is 0.235. The Balaban J connectivity index is 1.58. The van der Waals surface area contributed by atoms with Crippen molar-refractivity contribution in [3.63, 3.8) is 0 Å². The molecule has 120 valence electrons. The van der Waals surface area contributed by atoms with Crippen LogP contribution in [0.5, 0.6) is 11.5 Å². The Hall–Kier alpha value is -2.44. The second kappa shape index (κ2) is 6.76. The first-order valence-electron chi connectivity index (χ1n) is 7.36. The number of carbonyl (C=O) groups excluding carboxylic acids is 1. The first kappa shape index (κ1) is 15.5. The summed E-state index contributed by atoms with van der Waals surface area (Å²) in [6, 6.07) is 12.3. The molecule has 0 saturated carbocycles. The quantitative estimate of drug-likeness (QED) is 0.809. The van der Waals surface area contributed by atoms with E-state index in [1.165, 1.54) is 12.1 Å². The number of rotatable bonds is 4. The average Bonchev–Trinajstić information content (AvgIpc) is 2.98. The lowest BCUT2D eigenvalue weighted by molar-refractivity contribution is -0.117. The zero-order valence-electron chi connectivity index (χ0n) is 12.3. The molecule has 0 aliphatic carbocycles. The van der Waals surface area contributed by atoms with Crippen LogP contribution in [0.25, 0.3) is 0 Å². The molecule has 6 heteroatoms. The molecule has 2 aromatic rings. The van der Waals surface area contributed by atoms with E-state index in [4.69, 9.17) is 4.74 Å². The molecular formula is C17H17FN2O3. The topological polar surface area (TPSA) is 70.6 Å². The molecule has 0 aromatic heterocycles. The minimum atomic E-state index is -0.475. The van der Waals surface area contributed by atoms with Crippen LogP contribution in [0.2, 0.25) is 0 Å².